The van der Waals surface area contributed by atoms with E-state index < -0.39 is 0 Å². The maximum atomic E-state index is 12.4. The number of hydrogen-bond acceptors (Lipinski definition) is 3. The van der Waals surface area contributed by atoms with Crippen LogP contribution in [-0.2, 0) is 16.1 Å². The smallest absolute Gasteiger partial charge is 0.410 e. The van der Waals surface area contributed by atoms with Gasteiger partial charge in [0, 0.05) is 18.9 Å². The molecule has 5 heteroatoms. The highest BCUT2D eigenvalue weighted by Crippen LogP contribution is 2.34. The third kappa shape index (κ3) is 2.80. The van der Waals surface area contributed by atoms with E-state index >= 15 is 0 Å². The van der Waals surface area contributed by atoms with E-state index in [0.29, 0.717) is 24.8 Å². The van der Waals surface area contributed by atoms with Crippen molar-refractivity contribution in [1.82, 2.24) is 10.2 Å². The fourth-order valence-corrected chi connectivity index (χ4v) is 3.47. The number of carbonyl (C=O) groups excluding carboxylic acids is 2. The molecule has 1 aromatic rings. The van der Waals surface area contributed by atoms with Gasteiger partial charge in [-0.2, -0.15) is 0 Å². The zero-order valence-electron chi connectivity index (χ0n) is 13.0. The number of fused-ring (bicyclic) bond motifs is 1. The van der Waals surface area contributed by atoms with Crippen LogP contribution in [0.4, 0.5) is 4.79 Å². The number of carbonyl (C=O) groups is 2. The maximum absolute atomic E-state index is 12.4. The van der Waals surface area contributed by atoms with Gasteiger partial charge in [0.05, 0.1) is 12.1 Å². The molecule has 0 spiro atoms. The molecule has 0 bridgehead atoms. The normalized spacial score (nSPS) is 27.0. The summed E-state index contributed by atoms with van der Waals surface area (Å²) in [5.74, 6) is 0.736. The van der Waals surface area contributed by atoms with Crippen LogP contribution in [0.25, 0.3) is 0 Å². The maximum Gasteiger partial charge on any atom is 0.410 e. The van der Waals surface area contributed by atoms with Crippen molar-refractivity contribution in [2.24, 2.45) is 11.8 Å². The lowest BCUT2D eigenvalue weighted by atomic mass is 9.90. The molecule has 1 aromatic carbocycles. The fourth-order valence-electron chi connectivity index (χ4n) is 3.47. The molecule has 0 aliphatic carbocycles. The van der Waals surface area contributed by atoms with Gasteiger partial charge in [0.2, 0.25) is 5.91 Å². The van der Waals surface area contributed by atoms with Crippen molar-refractivity contribution in [3.63, 3.8) is 0 Å². The van der Waals surface area contributed by atoms with Crippen LogP contribution in [0.5, 0.6) is 0 Å². The lowest BCUT2D eigenvalue weighted by Crippen LogP contribution is -2.39. The van der Waals surface area contributed by atoms with Gasteiger partial charge in [0.1, 0.15) is 6.61 Å². The Hall–Kier alpha value is -2.04. The van der Waals surface area contributed by atoms with Crippen LogP contribution < -0.4 is 5.32 Å². The molecular formula is C17H22N2O3. The number of likely N-dealkylation sites (tertiary alicyclic amines) is 1. The minimum atomic E-state index is -0.321. The molecule has 3 rings (SSSR count). The molecular weight excluding hydrogens is 280 g/mol. The molecule has 2 aliphatic rings. The summed E-state index contributed by atoms with van der Waals surface area (Å²) in [6, 6.07) is 9.63. The molecule has 2 heterocycles. The Morgan fingerprint density at radius 1 is 1.36 bits per heavy atom. The van der Waals surface area contributed by atoms with E-state index in [1.165, 1.54) is 0 Å². The summed E-state index contributed by atoms with van der Waals surface area (Å²) in [4.78, 5) is 25.8. The van der Waals surface area contributed by atoms with E-state index in [1.54, 1.807) is 4.90 Å². The second-order valence-electron chi connectivity index (χ2n) is 6.47. The van der Waals surface area contributed by atoms with Crippen LogP contribution >= 0.6 is 0 Å². The van der Waals surface area contributed by atoms with Crippen LogP contribution in [0.2, 0.25) is 0 Å². The molecule has 1 N–H and O–H groups in total. The number of hydrogen-bond donors (Lipinski definition) is 1. The first-order chi connectivity index (χ1) is 10.6. The van der Waals surface area contributed by atoms with Gasteiger partial charge in [0.25, 0.3) is 0 Å². The summed E-state index contributed by atoms with van der Waals surface area (Å²) >= 11 is 0. The minimum absolute atomic E-state index is 0.0289. The summed E-state index contributed by atoms with van der Waals surface area (Å²) in [6.45, 7) is 5.18. The molecule has 118 valence electrons. The van der Waals surface area contributed by atoms with Gasteiger partial charge in [-0.1, -0.05) is 44.2 Å². The van der Waals surface area contributed by atoms with Crippen LogP contribution in [0.3, 0.4) is 0 Å². The summed E-state index contributed by atoms with van der Waals surface area (Å²) in [6.07, 6.45) is 0.0624. The topological polar surface area (TPSA) is 58.6 Å². The first-order valence-corrected chi connectivity index (χ1v) is 7.83. The first-order valence-electron chi connectivity index (χ1n) is 7.83. The third-order valence-electron chi connectivity index (χ3n) is 4.70. The molecule has 3 atom stereocenters. The van der Waals surface area contributed by atoms with Gasteiger partial charge < -0.3 is 15.0 Å². The lowest BCUT2D eigenvalue weighted by molar-refractivity contribution is -0.119. The Labute approximate surface area is 130 Å². The molecule has 2 aliphatic heterocycles. The highest BCUT2D eigenvalue weighted by Gasteiger charge is 2.50. The summed E-state index contributed by atoms with van der Waals surface area (Å²) < 4.78 is 5.43. The molecule has 3 unspecified atom stereocenters. The molecule has 5 nitrogen and oxygen atoms in total. The van der Waals surface area contributed by atoms with Gasteiger partial charge in [0.15, 0.2) is 0 Å². The van der Waals surface area contributed by atoms with E-state index in [1.807, 2.05) is 30.3 Å². The number of amides is 2. The average molecular weight is 302 g/mol. The van der Waals surface area contributed by atoms with Crippen molar-refractivity contribution >= 4 is 12.0 Å². The summed E-state index contributed by atoms with van der Waals surface area (Å²) in [5, 5.41) is 3.02. The zero-order valence-corrected chi connectivity index (χ0v) is 13.0. The SMILES string of the molecule is CC(C)C1CN(C(=O)OCc2ccccc2)C2CC(=O)NC12. The third-order valence-corrected chi connectivity index (χ3v) is 4.70. The predicted octanol–water partition coefficient (Wildman–Crippen LogP) is 2.17. The molecule has 2 amide bonds. The second-order valence-corrected chi connectivity index (χ2v) is 6.47. The number of ether oxygens (including phenoxy) is 1. The molecule has 0 aromatic heterocycles. The lowest BCUT2D eigenvalue weighted by Gasteiger charge is -2.21. The van der Waals surface area contributed by atoms with Gasteiger partial charge in [-0.25, -0.2) is 4.79 Å². The van der Waals surface area contributed by atoms with E-state index in [2.05, 4.69) is 19.2 Å². The Kier molecular flexibility index (Phi) is 4.05. The van der Waals surface area contributed by atoms with Gasteiger partial charge in [-0.05, 0) is 11.5 Å². The van der Waals surface area contributed by atoms with Crippen LogP contribution in [0, 0.1) is 11.8 Å². The Morgan fingerprint density at radius 2 is 2.09 bits per heavy atom. The van der Waals surface area contributed by atoms with E-state index in [0.717, 1.165) is 5.56 Å². The number of nitrogens with one attached hydrogen (secondary N) is 1. The molecule has 0 radical (unpaired) electrons. The minimum Gasteiger partial charge on any atom is -0.445 e. The standard InChI is InChI=1S/C17H22N2O3/c1-11(2)13-9-19(14-8-15(20)18-16(13)14)17(21)22-10-12-6-4-3-5-7-12/h3-7,11,13-14,16H,8-10H2,1-2H3,(H,18,20). The highest BCUT2D eigenvalue weighted by molar-refractivity contribution is 5.82. The molecule has 0 saturated carbocycles. The molecule has 22 heavy (non-hydrogen) atoms. The molecule has 2 saturated heterocycles. The van der Waals surface area contributed by atoms with Crippen molar-refractivity contribution in [3.05, 3.63) is 35.9 Å². The van der Waals surface area contributed by atoms with Crippen LogP contribution in [0.1, 0.15) is 25.8 Å². The number of nitrogens with zero attached hydrogens (tertiary/aromatic N) is 1. The van der Waals surface area contributed by atoms with E-state index in [4.69, 9.17) is 4.74 Å². The van der Waals surface area contributed by atoms with E-state index in [9.17, 15) is 9.59 Å². The van der Waals surface area contributed by atoms with Crippen molar-refractivity contribution in [1.29, 1.82) is 0 Å². The van der Waals surface area contributed by atoms with Gasteiger partial charge in [-0.3, -0.25) is 4.79 Å². The monoisotopic (exact) mass is 302 g/mol. The van der Waals surface area contributed by atoms with Gasteiger partial charge in [-0.15, -0.1) is 0 Å². The molecule has 2 fully saturated rings. The first kappa shape index (κ1) is 14.9. The largest absolute Gasteiger partial charge is 0.445 e. The average Bonchev–Trinajstić information content (AvgIpc) is 3.03. The predicted molar refractivity (Wildman–Crippen MR) is 82.0 cm³/mol. The van der Waals surface area contributed by atoms with Crippen molar-refractivity contribution in [2.75, 3.05) is 6.54 Å². The van der Waals surface area contributed by atoms with E-state index in [-0.39, 0.29) is 30.7 Å². The Morgan fingerprint density at radius 3 is 2.77 bits per heavy atom. The quantitative estimate of drug-likeness (QED) is 0.931. The highest BCUT2D eigenvalue weighted by atomic mass is 16.6. The van der Waals surface area contributed by atoms with Crippen LogP contribution in [-0.4, -0.2) is 35.5 Å². The summed E-state index contributed by atoms with van der Waals surface area (Å²) in [5.41, 5.74) is 0.965. The number of rotatable bonds is 3. The van der Waals surface area contributed by atoms with Crippen molar-refractivity contribution < 1.29 is 14.3 Å². The Bertz CT molecular complexity index is 558. The zero-order chi connectivity index (χ0) is 15.7. The second kappa shape index (κ2) is 5.99. The Balaban J connectivity index is 1.66. The van der Waals surface area contributed by atoms with Crippen molar-refractivity contribution in [3.8, 4) is 0 Å². The van der Waals surface area contributed by atoms with Gasteiger partial charge >= 0.3 is 6.09 Å². The number of benzene rings is 1. The summed E-state index contributed by atoms with van der Waals surface area (Å²) in [7, 11) is 0. The fraction of sp³-hybridized carbons (Fsp3) is 0.529. The van der Waals surface area contributed by atoms with Crippen LogP contribution in [0.15, 0.2) is 30.3 Å². The van der Waals surface area contributed by atoms with Crippen molar-refractivity contribution in [2.45, 2.75) is 39.0 Å².